The quantitative estimate of drug-likeness (QED) is 0.410. The van der Waals surface area contributed by atoms with Crippen molar-refractivity contribution in [2.45, 2.75) is 19.9 Å². The number of methoxy groups -OCH3 is 1. The van der Waals surface area contributed by atoms with Gasteiger partial charge in [-0.05, 0) is 42.3 Å². The molecule has 0 atom stereocenters. The molecule has 0 spiro atoms. The van der Waals surface area contributed by atoms with Crippen LogP contribution in [0.5, 0.6) is 0 Å². The van der Waals surface area contributed by atoms with E-state index in [0.29, 0.717) is 19.7 Å². The maximum Gasteiger partial charge on any atom is 0.191 e. The summed E-state index contributed by atoms with van der Waals surface area (Å²) >= 11 is 3.49. The highest BCUT2D eigenvalue weighted by atomic mass is 79.9. The smallest absolute Gasteiger partial charge is 0.191 e. The first-order valence-corrected chi connectivity index (χ1v) is 8.77. The van der Waals surface area contributed by atoms with Crippen molar-refractivity contribution >= 4 is 21.9 Å². The van der Waals surface area contributed by atoms with E-state index in [1.54, 1.807) is 13.4 Å². The van der Waals surface area contributed by atoms with Gasteiger partial charge in [-0.25, -0.2) is 4.99 Å². The molecule has 0 fully saturated rings. The van der Waals surface area contributed by atoms with Gasteiger partial charge in [0.25, 0.3) is 0 Å². The van der Waals surface area contributed by atoms with E-state index in [1.165, 1.54) is 11.1 Å². The van der Waals surface area contributed by atoms with Crippen molar-refractivity contribution in [1.29, 1.82) is 0 Å². The second-order valence-electron chi connectivity index (χ2n) is 5.41. The predicted molar refractivity (Wildman–Crippen MR) is 100 cm³/mol. The van der Waals surface area contributed by atoms with Gasteiger partial charge in [-0.15, -0.1) is 0 Å². The van der Waals surface area contributed by atoms with Crippen molar-refractivity contribution in [3.63, 3.8) is 0 Å². The number of halogens is 1. The number of aliphatic imine (C=N–C) groups is 1. The first-order chi connectivity index (χ1) is 11.7. The molecule has 24 heavy (non-hydrogen) atoms. The summed E-state index contributed by atoms with van der Waals surface area (Å²) in [6.07, 6.45) is 2.51. The molecule has 130 valence electrons. The van der Waals surface area contributed by atoms with Gasteiger partial charge < -0.3 is 19.8 Å². The summed E-state index contributed by atoms with van der Waals surface area (Å²) in [5, 5.41) is 6.61. The van der Waals surface area contributed by atoms with Gasteiger partial charge in [-0.3, -0.25) is 0 Å². The number of furan rings is 1. The van der Waals surface area contributed by atoms with Gasteiger partial charge in [0.1, 0.15) is 5.76 Å². The molecule has 0 unspecified atom stereocenters. The Bertz CT molecular complexity index is 642. The minimum atomic E-state index is 0.627. The van der Waals surface area contributed by atoms with Crippen LogP contribution in [0.3, 0.4) is 0 Å². The maximum atomic E-state index is 5.35. The monoisotopic (exact) mass is 393 g/mol. The molecule has 0 bridgehead atoms. The fourth-order valence-electron chi connectivity index (χ4n) is 2.21. The van der Waals surface area contributed by atoms with Gasteiger partial charge >= 0.3 is 0 Å². The predicted octanol–water partition coefficient (Wildman–Crippen LogP) is 3.27. The average Bonchev–Trinajstić information content (AvgIpc) is 3.07. The lowest BCUT2D eigenvalue weighted by atomic mass is 10.1. The van der Waals surface area contributed by atoms with E-state index in [4.69, 9.17) is 9.15 Å². The van der Waals surface area contributed by atoms with Crippen molar-refractivity contribution in [2.24, 2.45) is 4.99 Å². The summed E-state index contributed by atoms with van der Waals surface area (Å²) in [4.78, 5) is 4.67. The van der Waals surface area contributed by atoms with Gasteiger partial charge in [0.2, 0.25) is 0 Å². The normalized spacial score (nSPS) is 11.5. The Morgan fingerprint density at radius 1 is 1.25 bits per heavy atom. The highest BCUT2D eigenvalue weighted by Gasteiger charge is 2.02. The van der Waals surface area contributed by atoms with E-state index in [2.05, 4.69) is 50.6 Å². The summed E-state index contributed by atoms with van der Waals surface area (Å²) in [5.74, 6) is 1.74. The summed E-state index contributed by atoms with van der Waals surface area (Å²) in [6.45, 7) is 4.82. The molecule has 0 saturated heterocycles. The van der Waals surface area contributed by atoms with E-state index in [0.717, 1.165) is 29.2 Å². The third-order valence-electron chi connectivity index (χ3n) is 3.55. The third kappa shape index (κ3) is 6.37. The van der Waals surface area contributed by atoms with Crippen molar-refractivity contribution in [3.8, 4) is 0 Å². The molecule has 2 rings (SSSR count). The lowest BCUT2D eigenvalue weighted by Crippen LogP contribution is -2.40. The highest BCUT2D eigenvalue weighted by molar-refractivity contribution is 9.10. The first kappa shape index (κ1) is 18.5. The van der Waals surface area contributed by atoms with Crippen LogP contribution in [0.25, 0.3) is 0 Å². The Hall–Kier alpha value is -1.79. The van der Waals surface area contributed by atoms with E-state index in [-0.39, 0.29) is 0 Å². The van der Waals surface area contributed by atoms with E-state index < -0.39 is 0 Å². The Balaban J connectivity index is 1.92. The molecule has 0 radical (unpaired) electrons. The van der Waals surface area contributed by atoms with Crippen LogP contribution in [-0.2, 0) is 17.7 Å². The number of benzene rings is 1. The van der Waals surface area contributed by atoms with Crippen LogP contribution >= 0.6 is 15.9 Å². The molecular formula is C18H24BrN3O2. The Kier molecular flexibility index (Phi) is 7.85. The average molecular weight is 394 g/mol. The molecule has 6 heteroatoms. The molecule has 1 aromatic heterocycles. The number of hydrogen-bond donors (Lipinski definition) is 2. The largest absolute Gasteiger partial charge is 0.469 e. The number of aryl methyl sites for hydroxylation is 1. The summed E-state index contributed by atoms with van der Waals surface area (Å²) in [7, 11) is 1.69. The van der Waals surface area contributed by atoms with Crippen LogP contribution in [0.15, 0.2) is 50.5 Å². The van der Waals surface area contributed by atoms with E-state index in [1.807, 2.05) is 18.2 Å². The molecule has 2 aromatic rings. The van der Waals surface area contributed by atoms with Crippen molar-refractivity contribution < 1.29 is 9.15 Å². The van der Waals surface area contributed by atoms with E-state index in [9.17, 15) is 0 Å². The number of ether oxygens (including phenoxy) is 1. The van der Waals surface area contributed by atoms with Crippen LogP contribution in [0.1, 0.15) is 16.9 Å². The van der Waals surface area contributed by atoms with Crippen molar-refractivity contribution in [3.05, 3.63) is 58.0 Å². The van der Waals surface area contributed by atoms with Crippen LogP contribution in [0.4, 0.5) is 0 Å². The standard InChI is InChI=1S/C18H24BrN3O2/c1-14-12-16(19)6-5-15(14)13-22-18(21-9-11-23-2)20-8-7-17-4-3-10-24-17/h3-6,10,12H,7-9,11,13H2,1-2H3,(H2,20,21,22). The molecule has 0 saturated carbocycles. The number of nitrogens with zero attached hydrogens (tertiary/aromatic N) is 1. The number of hydrogen-bond acceptors (Lipinski definition) is 3. The van der Waals surface area contributed by atoms with E-state index >= 15 is 0 Å². The molecule has 0 amide bonds. The molecule has 1 aromatic carbocycles. The molecule has 2 N–H and O–H groups in total. The van der Waals surface area contributed by atoms with Crippen LogP contribution in [0, 0.1) is 6.92 Å². The lowest BCUT2D eigenvalue weighted by Gasteiger charge is -2.12. The second-order valence-corrected chi connectivity index (χ2v) is 6.33. The lowest BCUT2D eigenvalue weighted by molar-refractivity contribution is 0.203. The molecular weight excluding hydrogens is 370 g/mol. The molecule has 0 aliphatic heterocycles. The zero-order valence-corrected chi connectivity index (χ0v) is 15.7. The van der Waals surface area contributed by atoms with Crippen LogP contribution in [0.2, 0.25) is 0 Å². The van der Waals surface area contributed by atoms with Gasteiger partial charge in [-0.2, -0.15) is 0 Å². The topological polar surface area (TPSA) is 58.8 Å². The number of guanidine groups is 1. The molecule has 5 nitrogen and oxygen atoms in total. The van der Waals surface area contributed by atoms with Crippen LogP contribution in [-0.4, -0.2) is 32.8 Å². The maximum absolute atomic E-state index is 5.35. The van der Waals surface area contributed by atoms with Gasteiger partial charge in [0, 0.05) is 31.1 Å². The summed E-state index contributed by atoms with van der Waals surface area (Å²) in [6, 6.07) is 10.1. The summed E-state index contributed by atoms with van der Waals surface area (Å²) < 4.78 is 11.5. The van der Waals surface area contributed by atoms with Gasteiger partial charge in [0.15, 0.2) is 5.96 Å². The molecule has 0 aliphatic rings. The Labute approximate surface area is 151 Å². The highest BCUT2D eigenvalue weighted by Crippen LogP contribution is 2.16. The second kappa shape index (κ2) is 10.2. The fourth-order valence-corrected chi connectivity index (χ4v) is 2.68. The van der Waals surface area contributed by atoms with Crippen LogP contribution < -0.4 is 10.6 Å². The number of nitrogens with one attached hydrogen (secondary N) is 2. The zero-order chi connectivity index (χ0) is 17.2. The fraction of sp³-hybridized carbons (Fsp3) is 0.389. The van der Waals surface area contributed by atoms with Gasteiger partial charge in [0.05, 0.1) is 19.4 Å². The summed E-state index contributed by atoms with van der Waals surface area (Å²) in [5.41, 5.74) is 2.43. The molecule has 0 aliphatic carbocycles. The zero-order valence-electron chi connectivity index (χ0n) is 14.1. The van der Waals surface area contributed by atoms with Crippen molar-refractivity contribution in [2.75, 3.05) is 26.8 Å². The Morgan fingerprint density at radius 2 is 2.08 bits per heavy atom. The first-order valence-electron chi connectivity index (χ1n) is 7.97. The number of rotatable bonds is 8. The minimum Gasteiger partial charge on any atom is -0.469 e. The Morgan fingerprint density at radius 3 is 2.79 bits per heavy atom. The van der Waals surface area contributed by atoms with Gasteiger partial charge in [-0.1, -0.05) is 22.0 Å². The minimum absolute atomic E-state index is 0.627. The molecule has 1 heterocycles. The van der Waals surface area contributed by atoms with Crippen molar-refractivity contribution in [1.82, 2.24) is 10.6 Å². The SMILES string of the molecule is COCCNC(=NCc1ccc(Br)cc1C)NCCc1ccco1. The third-order valence-corrected chi connectivity index (χ3v) is 4.05.